The number of carbonyl (C=O) groups excluding carboxylic acids is 2. The maximum atomic E-state index is 12.3. The van der Waals surface area contributed by atoms with E-state index >= 15 is 0 Å². The molecule has 3 amide bonds. The Bertz CT molecular complexity index is 471. The summed E-state index contributed by atoms with van der Waals surface area (Å²) in [4.78, 5) is 27.8. The highest BCUT2D eigenvalue weighted by molar-refractivity contribution is 6.04. The lowest BCUT2D eigenvalue weighted by Gasteiger charge is -2.21. The summed E-state index contributed by atoms with van der Waals surface area (Å²) in [5, 5.41) is 2.75. The third-order valence-corrected chi connectivity index (χ3v) is 3.69. The molecular formula is C15H21N3O2. The Morgan fingerprint density at radius 2 is 1.80 bits per heavy atom. The largest absolute Gasteiger partial charge is 0.325 e. The number of urea groups is 1. The average molecular weight is 275 g/mol. The van der Waals surface area contributed by atoms with Crippen molar-refractivity contribution >= 4 is 11.9 Å². The van der Waals surface area contributed by atoms with Crippen LogP contribution in [0.1, 0.15) is 25.5 Å². The number of hydrogen-bond acceptors (Lipinski definition) is 3. The summed E-state index contributed by atoms with van der Waals surface area (Å²) in [6.45, 7) is 7.14. The van der Waals surface area contributed by atoms with Crippen LogP contribution in [-0.2, 0) is 4.79 Å². The first-order valence-electron chi connectivity index (χ1n) is 7.06. The quantitative estimate of drug-likeness (QED) is 0.803. The lowest BCUT2D eigenvalue weighted by Crippen LogP contribution is -2.38. The Balaban J connectivity index is 2.02. The molecule has 0 aliphatic carbocycles. The lowest BCUT2D eigenvalue weighted by molar-refractivity contribution is -0.127. The van der Waals surface area contributed by atoms with Crippen molar-refractivity contribution in [3.05, 3.63) is 35.9 Å². The summed E-state index contributed by atoms with van der Waals surface area (Å²) < 4.78 is 0. The van der Waals surface area contributed by atoms with Gasteiger partial charge in [0, 0.05) is 13.1 Å². The summed E-state index contributed by atoms with van der Waals surface area (Å²) >= 11 is 0. The molecule has 1 aliphatic heterocycles. The number of carbonyl (C=O) groups is 2. The molecule has 0 aromatic heterocycles. The van der Waals surface area contributed by atoms with Crippen molar-refractivity contribution in [1.29, 1.82) is 0 Å². The summed E-state index contributed by atoms with van der Waals surface area (Å²) in [7, 11) is 0. The molecule has 1 fully saturated rings. The van der Waals surface area contributed by atoms with Gasteiger partial charge in [0.15, 0.2) is 0 Å². The second-order valence-electron chi connectivity index (χ2n) is 4.81. The number of imide groups is 1. The molecule has 1 aliphatic rings. The second-order valence-corrected chi connectivity index (χ2v) is 4.81. The molecule has 1 aromatic rings. The smallest absolute Gasteiger partial charge is 0.322 e. The highest BCUT2D eigenvalue weighted by Crippen LogP contribution is 2.21. The van der Waals surface area contributed by atoms with E-state index in [2.05, 4.69) is 24.1 Å². The molecule has 0 spiro atoms. The second kappa shape index (κ2) is 6.52. The van der Waals surface area contributed by atoms with Gasteiger partial charge in [-0.2, -0.15) is 0 Å². The van der Waals surface area contributed by atoms with Crippen molar-refractivity contribution in [1.82, 2.24) is 15.1 Å². The van der Waals surface area contributed by atoms with Crippen LogP contribution in [0.3, 0.4) is 0 Å². The molecule has 5 nitrogen and oxygen atoms in total. The van der Waals surface area contributed by atoms with E-state index in [1.54, 1.807) is 0 Å². The molecule has 1 heterocycles. The number of nitrogens with zero attached hydrogens (tertiary/aromatic N) is 2. The summed E-state index contributed by atoms with van der Waals surface area (Å²) in [6, 6.07) is 8.51. The van der Waals surface area contributed by atoms with Crippen molar-refractivity contribution in [2.75, 3.05) is 26.2 Å². The first-order valence-corrected chi connectivity index (χ1v) is 7.06. The fraction of sp³-hybridized carbons (Fsp3) is 0.467. The number of amides is 3. The van der Waals surface area contributed by atoms with E-state index < -0.39 is 6.04 Å². The van der Waals surface area contributed by atoms with E-state index in [4.69, 9.17) is 0 Å². The van der Waals surface area contributed by atoms with Crippen molar-refractivity contribution in [2.45, 2.75) is 19.9 Å². The predicted molar refractivity (Wildman–Crippen MR) is 77.2 cm³/mol. The van der Waals surface area contributed by atoms with E-state index in [0.29, 0.717) is 13.1 Å². The van der Waals surface area contributed by atoms with Gasteiger partial charge >= 0.3 is 6.03 Å². The predicted octanol–water partition coefficient (Wildman–Crippen LogP) is 1.62. The SMILES string of the molecule is CCN(CC)CCN1C(=O)N[C@@H](c2ccccc2)C1=O. The Hall–Kier alpha value is -1.88. The Kier molecular flexibility index (Phi) is 4.74. The summed E-state index contributed by atoms with van der Waals surface area (Å²) in [6.07, 6.45) is 0. The summed E-state index contributed by atoms with van der Waals surface area (Å²) in [5.74, 6) is -0.159. The van der Waals surface area contributed by atoms with Crippen LogP contribution in [0, 0.1) is 0 Å². The highest BCUT2D eigenvalue weighted by atomic mass is 16.2. The molecular weight excluding hydrogens is 254 g/mol. The molecule has 5 heteroatoms. The van der Waals surface area contributed by atoms with Crippen molar-refractivity contribution < 1.29 is 9.59 Å². The fourth-order valence-corrected chi connectivity index (χ4v) is 2.38. The Morgan fingerprint density at radius 1 is 1.15 bits per heavy atom. The third-order valence-electron chi connectivity index (χ3n) is 3.69. The van der Waals surface area contributed by atoms with Crippen LogP contribution in [0.5, 0.6) is 0 Å². The highest BCUT2D eigenvalue weighted by Gasteiger charge is 2.38. The van der Waals surface area contributed by atoms with E-state index in [1.807, 2.05) is 30.3 Å². The van der Waals surface area contributed by atoms with Gasteiger partial charge in [0.05, 0.1) is 0 Å². The fourth-order valence-electron chi connectivity index (χ4n) is 2.38. The van der Waals surface area contributed by atoms with Crippen LogP contribution in [-0.4, -0.2) is 47.9 Å². The van der Waals surface area contributed by atoms with E-state index in [1.165, 1.54) is 4.90 Å². The van der Waals surface area contributed by atoms with Gasteiger partial charge in [0.1, 0.15) is 6.04 Å². The molecule has 2 rings (SSSR count). The lowest BCUT2D eigenvalue weighted by atomic mass is 10.1. The van der Waals surface area contributed by atoms with Gasteiger partial charge in [-0.25, -0.2) is 4.79 Å². The van der Waals surface area contributed by atoms with Crippen LogP contribution in [0.2, 0.25) is 0 Å². The first-order chi connectivity index (χ1) is 9.67. The number of benzene rings is 1. The first kappa shape index (κ1) is 14.5. The molecule has 0 bridgehead atoms. The molecule has 1 N–H and O–H groups in total. The van der Waals surface area contributed by atoms with Crippen LogP contribution in [0.4, 0.5) is 4.79 Å². The normalized spacial score (nSPS) is 18.8. The minimum atomic E-state index is -0.541. The van der Waals surface area contributed by atoms with Gasteiger partial charge in [0.2, 0.25) is 0 Å². The van der Waals surface area contributed by atoms with E-state index in [0.717, 1.165) is 18.7 Å². The zero-order chi connectivity index (χ0) is 14.5. The van der Waals surface area contributed by atoms with Gasteiger partial charge in [-0.05, 0) is 18.7 Å². The van der Waals surface area contributed by atoms with Crippen molar-refractivity contribution in [3.63, 3.8) is 0 Å². The van der Waals surface area contributed by atoms with E-state index in [9.17, 15) is 9.59 Å². The number of rotatable bonds is 6. The van der Waals surface area contributed by atoms with Gasteiger partial charge in [0.25, 0.3) is 5.91 Å². The van der Waals surface area contributed by atoms with Gasteiger partial charge in [-0.15, -0.1) is 0 Å². The molecule has 20 heavy (non-hydrogen) atoms. The molecule has 108 valence electrons. The average Bonchev–Trinajstić information content (AvgIpc) is 2.77. The van der Waals surface area contributed by atoms with Crippen molar-refractivity contribution in [2.24, 2.45) is 0 Å². The molecule has 0 radical (unpaired) electrons. The standard InChI is InChI=1S/C15H21N3O2/c1-3-17(4-2)10-11-18-14(19)13(16-15(18)20)12-8-6-5-7-9-12/h5-9,13H,3-4,10-11H2,1-2H3,(H,16,20)/t13-/m0/s1. The van der Waals surface area contributed by atoms with Crippen LogP contribution < -0.4 is 5.32 Å². The zero-order valence-electron chi connectivity index (χ0n) is 12.0. The Labute approximate surface area is 119 Å². The third kappa shape index (κ3) is 2.99. The number of nitrogens with one attached hydrogen (secondary N) is 1. The molecule has 1 saturated heterocycles. The molecule has 0 unspecified atom stereocenters. The number of likely N-dealkylation sites (N-methyl/N-ethyl adjacent to an activating group) is 1. The molecule has 1 atom stereocenters. The minimum Gasteiger partial charge on any atom is -0.322 e. The van der Waals surface area contributed by atoms with Crippen LogP contribution in [0.15, 0.2) is 30.3 Å². The van der Waals surface area contributed by atoms with Gasteiger partial charge in [-0.1, -0.05) is 44.2 Å². The van der Waals surface area contributed by atoms with Gasteiger partial charge < -0.3 is 10.2 Å². The summed E-state index contributed by atoms with van der Waals surface area (Å²) in [5.41, 5.74) is 0.830. The van der Waals surface area contributed by atoms with Crippen molar-refractivity contribution in [3.8, 4) is 0 Å². The van der Waals surface area contributed by atoms with E-state index in [-0.39, 0.29) is 11.9 Å². The molecule has 0 saturated carbocycles. The van der Waals surface area contributed by atoms with Gasteiger partial charge in [-0.3, -0.25) is 9.69 Å². The number of hydrogen-bond donors (Lipinski definition) is 1. The topological polar surface area (TPSA) is 52.6 Å². The molecule has 1 aromatic carbocycles. The zero-order valence-corrected chi connectivity index (χ0v) is 12.0. The maximum Gasteiger partial charge on any atom is 0.325 e. The van der Waals surface area contributed by atoms with Crippen LogP contribution >= 0.6 is 0 Å². The van der Waals surface area contributed by atoms with Crippen LogP contribution in [0.25, 0.3) is 0 Å². The minimum absolute atomic E-state index is 0.159. The monoisotopic (exact) mass is 275 g/mol. The maximum absolute atomic E-state index is 12.3. The Morgan fingerprint density at radius 3 is 2.40 bits per heavy atom.